The molecule has 2 aliphatic heterocycles. The van der Waals surface area contributed by atoms with Crippen molar-refractivity contribution in [1.82, 2.24) is 9.80 Å². The first-order valence-corrected chi connectivity index (χ1v) is 9.21. The summed E-state index contributed by atoms with van der Waals surface area (Å²) in [5.74, 6) is 0.522. The molecule has 2 saturated heterocycles. The Morgan fingerprint density at radius 1 is 1.16 bits per heavy atom. The van der Waals surface area contributed by atoms with Crippen LogP contribution in [0.15, 0.2) is 24.3 Å². The van der Waals surface area contributed by atoms with Gasteiger partial charge in [-0.15, -0.1) is 0 Å². The number of hydrogen-bond acceptors (Lipinski definition) is 3. The van der Waals surface area contributed by atoms with Gasteiger partial charge in [-0.25, -0.2) is 4.79 Å². The van der Waals surface area contributed by atoms with Gasteiger partial charge in [0.05, 0.1) is 24.5 Å². The number of nitrogens with zero attached hydrogens (tertiary/aromatic N) is 2. The molecule has 3 amide bonds. The van der Waals surface area contributed by atoms with Crippen LogP contribution in [0.5, 0.6) is 0 Å². The van der Waals surface area contributed by atoms with E-state index in [1.165, 1.54) is 6.42 Å². The van der Waals surface area contributed by atoms with Crippen molar-refractivity contribution in [3.63, 3.8) is 0 Å². The molecule has 1 aromatic carbocycles. The van der Waals surface area contributed by atoms with Crippen LogP contribution in [0.25, 0.3) is 0 Å². The molecule has 0 bridgehead atoms. The van der Waals surface area contributed by atoms with Gasteiger partial charge in [0.1, 0.15) is 0 Å². The van der Waals surface area contributed by atoms with Crippen molar-refractivity contribution in [1.29, 1.82) is 0 Å². The number of urea groups is 1. The molecular formula is C19H27N3O3. The van der Waals surface area contributed by atoms with E-state index in [0.29, 0.717) is 43.5 Å². The molecule has 2 fully saturated rings. The molecule has 6 nitrogen and oxygen atoms in total. The van der Waals surface area contributed by atoms with E-state index in [0.717, 1.165) is 25.9 Å². The van der Waals surface area contributed by atoms with E-state index >= 15 is 0 Å². The zero-order chi connectivity index (χ0) is 17.6. The Labute approximate surface area is 149 Å². The van der Waals surface area contributed by atoms with Gasteiger partial charge in [-0.2, -0.15) is 0 Å². The molecule has 2 heterocycles. The first-order valence-electron chi connectivity index (χ1n) is 9.21. The summed E-state index contributed by atoms with van der Waals surface area (Å²) in [6.07, 6.45) is 3.32. The summed E-state index contributed by atoms with van der Waals surface area (Å²) in [6.45, 7) is 6.04. The number of anilines is 1. The lowest BCUT2D eigenvalue weighted by molar-refractivity contribution is 0.0303. The van der Waals surface area contributed by atoms with Crippen molar-refractivity contribution in [2.75, 3.05) is 44.7 Å². The Bertz CT molecular complexity index is 614. The van der Waals surface area contributed by atoms with Gasteiger partial charge in [-0.05, 0) is 30.9 Å². The van der Waals surface area contributed by atoms with Crippen LogP contribution in [-0.2, 0) is 4.74 Å². The summed E-state index contributed by atoms with van der Waals surface area (Å²) < 4.78 is 5.31. The molecule has 136 valence electrons. The number of morpholine rings is 1. The second-order valence-corrected chi connectivity index (χ2v) is 6.74. The van der Waals surface area contributed by atoms with E-state index in [4.69, 9.17) is 4.74 Å². The maximum absolute atomic E-state index is 12.8. The molecule has 0 radical (unpaired) electrons. The third kappa shape index (κ3) is 4.31. The summed E-state index contributed by atoms with van der Waals surface area (Å²) in [6, 6.07) is 7.14. The molecule has 0 spiro atoms. The fourth-order valence-electron chi connectivity index (χ4n) is 3.49. The number of para-hydroxylation sites is 1. The average molecular weight is 345 g/mol. The number of nitrogens with one attached hydrogen (secondary N) is 1. The molecule has 1 unspecified atom stereocenters. The highest BCUT2D eigenvalue weighted by Crippen LogP contribution is 2.22. The molecule has 2 aliphatic rings. The van der Waals surface area contributed by atoms with Crippen molar-refractivity contribution in [2.24, 2.45) is 5.92 Å². The maximum Gasteiger partial charge on any atom is 0.321 e. The van der Waals surface area contributed by atoms with E-state index < -0.39 is 0 Å². The molecule has 1 aromatic rings. The predicted molar refractivity (Wildman–Crippen MR) is 96.8 cm³/mol. The highest BCUT2D eigenvalue weighted by molar-refractivity contribution is 6.03. The fourth-order valence-corrected chi connectivity index (χ4v) is 3.49. The second-order valence-electron chi connectivity index (χ2n) is 6.74. The third-order valence-corrected chi connectivity index (χ3v) is 5.08. The lowest BCUT2D eigenvalue weighted by Crippen LogP contribution is -2.43. The van der Waals surface area contributed by atoms with E-state index in [9.17, 15) is 9.59 Å². The average Bonchev–Trinajstić information content (AvgIpc) is 2.68. The molecule has 6 heteroatoms. The molecule has 1 atom stereocenters. The number of ether oxygens (including phenoxy) is 1. The molecular weight excluding hydrogens is 318 g/mol. The van der Waals surface area contributed by atoms with E-state index in [1.807, 2.05) is 17.0 Å². The predicted octanol–water partition coefficient (Wildman–Crippen LogP) is 2.81. The highest BCUT2D eigenvalue weighted by atomic mass is 16.5. The number of benzene rings is 1. The minimum Gasteiger partial charge on any atom is -0.378 e. The summed E-state index contributed by atoms with van der Waals surface area (Å²) >= 11 is 0. The summed E-state index contributed by atoms with van der Waals surface area (Å²) in [5.41, 5.74) is 1.13. The quantitative estimate of drug-likeness (QED) is 0.916. The second kappa shape index (κ2) is 8.34. The van der Waals surface area contributed by atoms with Crippen molar-refractivity contribution in [3.8, 4) is 0 Å². The molecule has 1 N–H and O–H groups in total. The first kappa shape index (κ1) is 17.7. The van der Waals surface area contributed by atoms with Crippen LogP contribution in [-0.4, -0.2) is 61.1 Å². The Morgan fingerprint density at radius 2 is 1.92 bits per heavy atom. The first-order chi connectivity index (χ1) is 12.2. The SMILES string of the molecule is CCC1CCCN(C(=O)Nc2ccccc2C(=O)N2CCOCC2)C1. The number of hydrogen-bond donors (Lipinski definition) is 1. The number of likely N-dealkylation sites (tertiary alicyclic amines) is 1. The van der Waals surface area contributed by atoms with E-state index in [1.54, 1.807) is 17.0 Å². The molecule has 0 saturated carbocycles. The van der Waals surface area contributed by atoms with Gasteiger partial charge in [-0.1, -0.05) is 25.5 Å². The zero-order valence-corrected chi connectivity index (χ0v) is 14.9. The summed E-state index contributed by atoms with van der Waals surface area (Å²) in [5, 5.41) is 2.95. The lowest BCUT2D eigenvalue weighted by atomic mass is 9.96. The van der Waals surface area contributed by atoms with Crippen LogP contribution in [0.1, 0.15) is 36.5 Å². The van der Waals surface area contributed by atoms with Gasteiger partial charge >= 0.3 is 6.03 Å². The van der Waals surface area contributed by atoms with Gasteiger partial charge in [0.15, 0.2) is 0 Å². The van der Waals surface area contributed by atoms with Crippen LogP contribution >= 0.6 is 0 Å². The Hall–Kier alpha value is -2.08. The zero-order valence-electron chi connectivity index (χ0n) is 14.9. The highest BCUT2D eigenvalue weighted by Gasteiger charge is 2.25. The molecule has 25 heavy (non-hydrogen) atoms. The minimum atomic E-state index is -0.111. The summed E-state index contributed by atoms with van der Waals surface area (Å²) in [4.78, 5) is 29.1. The van der Waals surface area contributed by atoms with Gasteiger partial charge in [0.25, 0.3) is 5.91 Å². The maximum atomic E-state index is 12.8. The molecule has 0 aromatic heterocycles. The van der Waals surface area contributed by atoms with Crippen LogP contribution in [0, 0.1) is 5.92 Å². The Balaban J connectivity index is 1.70. The van der Waals surface area contributed by atoms with Crippen molar-refractivity contribution in [2.45, 2.75) is 26.2 Å². The van der Waals surface area contributed by atoms with Crippen LogP contribution < -0.4 is 5.32 Å². The Morgan fingerprint density at radius 3 is 2.68 bits per heavy atom. The van der Waals surface area contributed by atoms with Gasteiger partial charge in [-0.3, -0.25) is 4.79 Å². The monoisotopic (exact) mass is 345 g/mol. The number of piperidine rings is 1. The third-order valence-electron chi connectivity index (χ3n) is 5.08. The van der Waals surface area contributed by atoms with Gasteiger partial charge in [0.2, 0.25) is 0 Å². The number of carbonyl (C=O) groups is 2. The van der Waals surface area contributed by atoms with Gasteiger partial charge in [0, 0.05) is 26.2 Å². The van der Waals surface area contributed by atoms with Crippen molar-refractivity contribution >= 4 is 17.6 Å². The molecule has 3 rings (SSSR count). The number of carbonyl (C=O) groups excluding carboxylic acids is 2. The topological polar surface area (TPSA) is 61.9 Å². The Kier molecular flexibility index (Phi) is 5.91. The number of amides is 3. The van der Waals surface area contributed by atoms with Crippen molar-refractivity contribution < 1.29 is 14.3 Å². The fraction of sp³-hybridized carbons (Fsp3) is 0.579. The smallest absolute Gasteiger partial charge is 0.321 e. The molecule has 0 aliphatic carbocycles. The largest absolute Gasteiger partial charge is 0.378 e. The van der Waals surface area contributed by atoms with E-state index in [-0.39, 0.29) is 11.9 Å². The number of rotatable bonds is 3. The van der Waals surface area contributed by atoms with Crippen LogP contribution in [0.4, 0.5) is 10.5 Å². The lowest BCUT2D eigenvalue weighted by Gasteiger charge is -2.32. The van der Waals surface area contributed by atoms with Crippen LogP contribution in [0.3, 0.4) is 0 Å². The normalized spacial score (nSPS) is 21.1. The van der Waals surface area contributed by atoms with Crippen LogP contribution in [0.2, 0.25) is 0 Å². The van der Waals surface area contributed by atoms with Crippen molar-refractivity contribution in [3.05, 3.63) is 29.8 Å². The van der Waals surface area contributed by atoms with E-state index in [2.05, 4.69) is 12.2 Å². The minimum absolute atomic E-state index is 0.0516. The standard InChI is InChI=1S/C19H27N3O3/c1-2-15-6-5-9-22(14-15)19(24)20-17-8-4-3-7-16(17)18(23)21-10-12-25-13-11-21/h3-4,7-8,15H,2,5-6,9-14H2,1H3,(H,20,24). The summed E-state index contributed by atoms with van der Waals surface area (Å²) in [7, 11) is 0. The van der Waals surface area contributed by atoms with Gasteiger partial charge < -0.3 is 19.9 Å².